The number of nitro benzene ring substituents is 1. The first-order valence-corrected chi connectivity index (χ1v) is 6.20. The summed E-state index contributed by atoms with van der Waals surface area (Å²) >= 11 is 0. The molecule has 0 fully saturated rings. The zero-order chi connectivity index (χ0) is 15.2. The first-order valence-electron chi connectivity index (χ1n) is 6.20. The monoisotopic (exact) mass is 293 g/mol. The van der Waals surface area contributed by atoms with Crippen LogP contribution in [0.5, 0.6) is 5.75 Å². The molecule has 9 nitrogen and oxygen atoms in total. The SMILES string of the molecule is COc1cc([N+](=O)[O-])ccc1NCc1cn(CCO)nn1. The highest BCUT2D eigenvalue weighted by Crippen LogP contribution is 2.29. The van der Waals surface area contributed by atoms with E-state index in [1.807, 2.05) is 0 Å². The molecule has 0 radical (unpaired) electrons. The highest BCUT2D eigenvalue weighted by Gasteiger charge is 2.11. The van der Waals surface area contributed by atoms with E-state index in [1.165, 1.54) is 23.9 Å². The van der Waals surface area contributed by atoms with E-state index in [-0.39, 0.29) is 12.3 Å². The van der Waals surface area contributed by atoms with Crippen molar-refractivity contribution < 1.29 is 14.8 Å². The predicted octanol–water partition coefficient (Wildman–Crippen LogP) is 0.799. The fourth-order valence-electron chi connectivity index (χ4n) is 1.76. The minimum Gasteiger partial charge on any atom is -0.494 e. The van der Waals surface area contributed by atoms with Crippen LogP contribution in [0.2, 0.25) is 0 Å². The van der Waals surface area contributed by atoms with E-state index in [2.05, 4.69) is 15.6 Å². The molecule has 2 aromatic rings. The van der Waals surface area contributed by atoms with Crippen molar-refractivity contribution in [1.82, 2.24) is 15.0 Å². The standard InChI is InChI=1S/C12H15N5O4/c1-21-12-6-10(17(19)20)2-3-11(12)13-7-9-8-16(4-5-18)15-14-9/h2-3,6,8,13,18H,4-5,7H2,1H3. The second-order valence-corrected chi connectivity index (χ2v) is 4.19. The highest BCUT2D eigenvalue weighted by atomic mass is 16.6. The molecule has 9 heteroatoms. The van der Waals surface area contributed by atoms with Gasteiger partial charge in [-0.2, -0.15) is 0 Å². The van der Waals surface area contributed by atoms with Gasteiger partial charge in [0.1, 0.15) is 11.4 Å². The summed E-state index contributed by atoms with van der Waals surface area (Å²) in [4.78, 5) is 10.2. The van der Waals surface area contributed by atoms with Crippen LogP contribution in [-0.4, -0.2) is 38.7 Å². The van der Waals surface area contributed by atoms with Gasteiger partial charge in [-0.15, -0.1) is 5.10 Å². The van der Waals surface area contributed by atoms with Crippen LogP contribution in [0.25, 0.3) is 0 Å². The third-order valence-electron chi connectivity index (χ3n) is 2.77. The lowest BCUT2D eigenvalue weighted by Crippen LogP contribution is -2.03. The molecule has 0 atom stereocenters. The topological polar surface area (TPSA) is 115 Å². The molecule has 0 spiro atoms. The van der Waals surface area contributed by atoms with Crippen molar-refractivity contribution in [2.24, 2.45) is 0 Å². The van der Waals surface area contributed by atoms with Gasteiger partial charge < -0.3 is 15.2 Å². The van der Waals surface area contributed by atoms with Crippen molar-refractivity contribution in [3.8, 4) is 5.75 Å². The number of nitrogens with zero attached hydrogens (tertiary/aromatic N) is 4. The summed E-state index contributed by atoms with van der Waals surface area (Å²) in [7, 11) is 1.45. The van der Waals surface area contributed by atoms with Gasteiger partial charge in [0.25, 0.3) is 5.69 Å². The second kappa shape index (κ2) is 6.66. The molecule has 0 amide bonds. The van der Waals surface area contributed by atoms with Gasteiger partial charge in [-0.25, -0.2) is 4.68 Å². The number of benzene rings is 1. The average molecular weight is 293 g/mol. The molecule has 0 unspecified atom stereocenters. The molecule has 0 aliphatic carbocycles. The number of ether oxygens (including phenoxy) is 1. The number of hydrogen-bond donors (Lipinski definition) is 2. The van der Waals surface area contributed by atoms with Gasteiger partial charge in [0.2, 0.25) is 0 Å². The lowest BCUT2D eigenvalue weighted by Gasteiger charge is -2.09. The summed E-state index contributed by atoms with van der Waals surface area (Å²) in [6.45, 7) is 0.764. The van der Waals surface area contributed by atoms with E-state index in [0.29, 0.717) is 30.2 Å². The summed E-state index contributed by atoms with van der Waals surface area (Å²) in [5, 5.41) is 30.4. The van der Waals surface area contributed by atoms with Gasteiger partial charge >= 0.3 is 0 Å². The lowest BCUT2D eigenvalue weighted by molar-refractivity contribution is -0.384. The Kier molecular flexibility index (Phi) is 4.67. The number of non-ortho nitro benzene ring substituents is 1. The third-order valence-corrected chi connectivity index (χ3v) is 2.77. The maximum absolute atomic E-state index is 10.7. The summed E-state index contributed by atoms with van der Waals surface area (Å²) in [6.07, 6.45) is 1.71. The van der Waals surface area contributed by atoms with Crippen molar-refractivity contribution >= 4 is 11.4 Å². The molecular weight excluding hydrogens is 278 g/mol. The molecule has 1 aromatic carbocycles. The molecule has 112 valence electrons. The van der Waals surface area contributed by atoms with Crippen molar-refractivity contribution in [3.05, 3.63) is 40.2 Å². The van der Waals surface area contributed by atoms with Crippen LogP contribution in [0.3, 0.4) is 0 Å². The number of aliphatic hydroxyl groups is 1. The van der Waals surface area contributed by atoms with Crippen LogP contribution in [0, 0.1) is 10.1 Å². The van der Waals surface area contributed by atoms with Crippen LogP contribution in [0.4, 0.5) is 11.4 Å². The van der Waals surface area contributed by atoms with Crippen LogP contribution in [0.15, 0.2) is 24.4 Å². The van der Waals surface area contributed by atoms with Crippen molar-refractivity contribution in [3.63, 3.8) is 0 Å². The van der Waals surface area contributed by atoms with Crippen LogP contribution in [0.1, 0.15) is 5.69 Å². The molecule has 2 rings (SSSR count). The Bertz CT molecular complexity index is 628. The minimum absolute atomic E-state index is 0.00754. The second-order valence-electron chi connectivity index (χ2n) is 4.19. The number of nitrogens with one attached hydrogen (secondary N) is 1. The summed E-state index contributed by atoms with van der Waals surface area (Å²) in [6, 6.07) is 4.33. The number of aromatic nitrogens is 3. The lowest BCUT2D eigenvalue weighted by atomic mass is 10.2. The maximum Gasteiger partial charge on any atom is 0.273 e. The number of methoxy groups -OCH3 is 1. The number of nitro groups is 1. The molecule has 0 bridgehead atoms. The van der Waals surface area contributed by atoms with Crippen LogP contribution >= 0.6 is 0 Å². The van der Waals surface area contributed by atoms with Gasteiger partial charge in [0, 0.05) is 6.07 Å². The number of anilines is 1. The first-order chi connectivity index (χ1) is 10.1. The predicted molar refractivity (Wildman–Crippen MR) is 74.1 cm³/mol. The van der Waals surface area contributed by atoms with Gasteiger partial charge in [-0.1, -0.05) is 5.21 Å². The van der Waals surface area contributed by atoms with E-state index < -0.39 is 4.92 Å². The zero-order valence-electron chi connectivity index (χ0n) is 11.4. The van der Waals surface area contributed by atoms with Crippen LogP contribution < -0.4 is 10.1 Å². The average Bonchev–Trinajstić information content (AvgIpc) is 2.93. The minimum atomic E-state index is -0.479. The Morgan fingerprint density at radius 2 is 2.33 bits per heavy atom. The smallest absolute Gasteiger partial charge is 0.273 e. The van der Waals surface area contributed by atoms with E-state index in [4.69, 9.17) is 9.84 Å². The number of hydrogen-bond acceptors (Lipinski definition) is 7. The Balaban J connectivity index is 2.06. The molecule has 0 aliphatic rings. The summed E-state index contributed by atoms with van der Waals surface area (Å²) < 4.78 is 6.66. The number of rotatable bonds is 7. The maximum atomic E-state index is 10.7. The van der Waals surface area contributed by atoms with Crippen molar-refractivity contribution in [1.29, 1.82) is 0 Å². The van der Waals surface area contributed by atoms with Gasteiger partial charge in [0.05, 0.1) is 49.7 Å². The fraction of sp³-hybridized carbons (Fsp3) is 0.333. The highest BCUT2D eigenvalue weighted by molar-refractivity contribution is 5.60. The third kappa shape index (κ3) is 3.66. The van der Waals surface area contributed by atoms with Crippen molar-refractivity contribution in [2.75, 3.05) is 19.0 Å². The van der Waals surface area contributed by atoms with Gasteiger partial charge in [-0.3, -0.25) is 10.1 Å². The molecule has 1 aromatic heterocycles. The summed E-state index contributed by atoms with van der Waals surface area (Å²) in [5.41, 5.74) is 1.27. The molecule has 1 heterocycles. The Hall–Kier alpha value is -2.68. The quantitative estimate of drug-likeness (QED) is 0.573. The molecule has 0 aliphatic heterocycles. The van der Waals surface area contributed by atoms with Crippen molar-refractivity contribution in [2.45, 2.75) is 13.1 Å². The van der Waals surface area contributed by atoms with E-state index in [9.17, 15) is 10.1 Å². The Labute approximate surface area is 120 Å². The fourth-order valence-corrected chi connectivity index (χ4v) is 1.76. The largest absolute Gasteiger partial charge is 0.494 e. The Morgan fingerprint density at radius 1 is 1.52 bits per heavy atom. The molecule has 0 saturated carbocycles. The molecule has 21 heavy (non-hydrogen) atoms. The summed E-state index contributed by atoms with van der Waals surface area (Å²) in [5.74, 6) is 0.381. The molecule has 0 saturated heterocycles. The normalized spacial score (nSPS) is 10.4. The zero-order valence-corrected chi connectivity index (χ0v) is 11.4. The van der Waals surface area contributed by atoms with Gasteiger partial charge in [-0.05, 0) is 6.07 Å². The van der Waals surface area contributed by atoms with E-state index in [1.54, 1.807) is 12.3 Å². The molecule has 2 N–H and O–H groups in total. The van der Waals surface area contributed by atoms with E-state index >= 15 is 0 Å². The first kappa shape index (κ1) is 14.7. The van der Waals surface area contributed by atoms with E-state index in [0.717, 1.165) is 0 Å². The Morgan fingerprint density at radius 3 is 3.00 bits per heavy atom. The van der Waals surface area contributed by atoms with Gasteiger partial charge in [0.15, 0.2) is 0 Å². The van der Waals surface area contributed by atoms with Crippen LogP contribution in [-0.2, 0) is 13.1 Å². The number of aliphatic hydroxyl groups excluding tert-OH is 1. The molecular formula is C12H15N5O4.